The molecule has 0 spiro atoms. The van der Waals surface area contributed by atoms with Crippen LogP contribution in [-0.2, 0) is 12.8 Å². The van der Waals surface area contributed by atoms with Crippen LogP contribution in [-0.4, -0.2) is 20.1 Å². The summed E-state index contributed by atoms with van der Waals surface area (Å²) in [6.07, 6.45) is 2.37. The Balaban J connectivity index is 2.07. The van der Waals surface area contributed by atoms with Crippen molar-refractivity contribution in [3.05, 3.63) is 29.3 Å². The summed E-state index contributed by atoms with van der Waals surface area (Å²) in [5.41, 5.74) is 4.32. The van der Waals surface area contributed by atoms with E-state index in [9.17, 15) is 0 Å². The van der Waals surface area contributed by atoms with Gasteiger partial charge in [-0.1, -0.05) is 26.0 Å². The molecule has 94 valence electrons. The van der Waals surface area contributed by atoms with Crippen molar-refractivity contribution in [2.45, 2.75) is 26.7 Å². The second-order valence-electron chi connectivity index (χ2n) is 5.43. The van der Waals surface area contributed by atoms with Crippen molar-refractivity contribution in [3.8, 4) is 0 Å². The lowest BCUT2D eigenvalue weighted by Crippen LogP contribution is -2.25. The SMILES string of the molecule is CNCC(Cc1ccc2c(c1)CCN2)C(C)C. The van der Waals surface area contributed by atoms with Crippen LogP contribution in [0.15, 0.2) is 18.2 Å². The fourth-order valence-electron chi connectivity index (χ4n) is 2.59. The molecule has 0 amide bonds. The number of fused-ring (bicyclic) bond motifs is 1. The molecule has 0 bridgehead atoms. The van der Waals surface area contributed by atoms with E-state index < -0.39 is 0 Å². The van der Waals surface area contributed by atoms with Gasteiger partial charge in [-0.25, -0.2) is 0 Å². The maximum atomic E-state index is 3.42. The van der Waals surface area contributed by atoms with Crippen LogP contribution in [0.1, 0.15) is 25.0 Å². The topological polar surface area (TPSA) is 24.1 Å². The molecule has 1 aliphatic heterocycles. The van der Waals surface area contributed by atoms with Gasteiger partial charge in [0.25, 0.3) is 0 Å². The molecule has 1 aliphatic rings. The molecule has 0 aromatic heterocycles. The Hall–Kier alpha value is -1.02. The second kappa shape index (κ2) is 5.54. The van der Waals surface area contributed by atoms with Gasteiger partial charge in [0.2, 0.25) is 0 Å². The molecule has 0 radical (unpaired) electrons. The molecule has 1 atom stereocenters. The fourth-order valence-corrected chi connectivity index (χ4v) is 2.59. The maximum Gasteiger partial charge on any atom is 0.0373 e. The number of benzene rings is 1. The van der Waals surface area contributed by atoms with E-state index in [4.69, 9.17) is 0 Å². The van der Waals surface area contributed by atoms with Gasteiger partial charge < -0.3 is 10.6 Å². The highest BCUT2D eigenvalue weighted by molar-refractivity contribution is 5.56. The lowest BCUT2D eigenvalue weighted by molar-refractivity contribution is 0.370. The van der Waals surface area contributed by atoms with E-state index in [-0.39, 0.29) is 0 Å². The molecule has 0 aliphatic carbocycles. The Morgan fingerprint density at radius 1 is 1.35 bits per heavy atom. The molecule has 1 heterocycles. The summed E-state index contributed by atoms with van der Waals surface area (Å²) >= 11 is 0. The molecule has 2 rings (SSSR count). The van der Waals surface area contributed by atoms with Crippen LogP contribution in [0.3, 0.4) is 0 Å². The Labute approximate surface area is 105 Å². The first-order valence-electron chi connectivity index (χ1n) is 6.71. The Morgan fingerprint density at radius 2 is 2.18 bits per heavy atom. The predicted molar refractivity (Wildman–Crippen MR) is 74.6 cm³/mol. The molecular formula is C15H24N2. The van der Waals surface area contributed by atoms with E-state index in [1.165, 1.54) is 29.7 Å². The molecule has 0 saturated carbocycles. The molecule has 2 heteroatoms. The average Bonchev–Trinajstić information content (AvgIpc) is 2.75. The number of hydrogen-bond donors (Lipinski definition) is 2. The third kappa shape index (κ3) is 3.01. The Kier molecular flexibility index (Phi) is 4.06. The van der Waals surface area contributed by atoms with Crippen LogP contribution in [0, 0.1) is 11.8 Å². The van der Waals surface area contributed by atoms with Crippen molar-refractivity contribution in [2.24, 2.45) is 11.8 Å². The van der Waals surface area contributed by atoms with Gasteiger partial charge in [-0.2, -0.15) is 0 Å². The van der Waals surface area contributed by atoms with Crippen molar-refractivity contribution in [2.75, 3.05) is 25.5 Å². The van der Waals surface area contributed by atoms with Gasteiger partial charge in [-0.15, -0.1) is 0 Å². The minimum Gasteiger partial charge on any atom is -0.384 e. The van der Waals surface area contributed by atoms with E-state index in [2.05, 4.69) is 42.7 Å². The van der Waals surface area contributed by atoms with Gasteiger partial charge in [0, 0.05) is 12.2 Å². The molecule has 0 saturated heterocycles. The van der Waals surface area contributed by atoms with E-state index in [0.717, 1.165) is 24.9 Å². The quantitative estimate of drug-likeness (QED) is 0.815. The highest BCUT2D eigenvalue weighted by Crippen LogP contribution is 2.25. The fraction of sp³-hybridized carbons (Fsp3) is 0.600. The van der Waals surface area contributed by atoms with Crippen molar-refractivity contribution in [3.63, 3.8) is 0 Å². The molecule has 0 fully saturated rings. The zero-order valence-corrected chi connectivity index (χ0v) is 11.2. The third-order valence-corrected chi connectivity index (χ3v) is 3.79. The van der Waals surface area contributed by atoms with E-state index in [0.29, 0.717) is 0 Å². The standard InChI is InChI=1S/C15H24N2/c1-11(2)14(10-16-3)9-12-4-5-15-13(8-12)6-7-17-15/h4-5,8,11,14,16-17H,6-7,9-10H2,1-3H3. The van der Waals surface area contributed by atoms with E-state index in [1.807, 2.05) is 7.05 Å². The van der Waals surface area contributed by atoms with Crippen LogP contribution < -0.4 is 10.6 Å². The molecular weight excluding hydrogens is 208 g/mol. The number of hydrogen-bond acceptors (Lipinski definition) is 2. The minimum atomic E-state index is 0.729. The third-order valence-electron chi connectivity index (χ3n) is 3.79. The van der Waals surface area contributed by atoms with Gasteiger partial charge in [-0.3, -0.25) is 0 Å². The largest absolute Gasteiger partial charge is 0.384 e. The summed E-state index contributed by atoms with van der Waals surface area (Å²) in [6, 6.07) is 6.91. The summed E-state index contributed by atoms with van der Waals surface area (Å²) < 4.78 is 0. The van der Waals surface area contributed by atoms with Crippen molar-refractivity contribution in [1.82, 2.24) is 5.32 Å². The summed E-state index contributed by atoms with van der Waals surface area (Å²) in [6.45, 7) is 6.84. The number of nitrogens with one attached hydrogen (secondary N) is 2. The molecule has 17 heavy (non-hydrogen) atoms. The lowest BCUT2D eigenvalue weighted by atomic mass is 9.88. The molecule has 1 aromatic rings. The van der Waals surface area contributed by atoms with E-state index in [1.54, 1.807) is 0 Å². The number of anilines is 1. The van der Waals surface area contributed by atoms with Crippen LogP contribution in [0.2, 0.25) is 0 Å². The predicted octanol–water partition coefficient (Wildman–Crippen LogP) is 2.69. The highest BCUT2D eigenvalue weighted by atomic mass is 14.9. The highest BCUT2D eigenvalue weighted by Gasteiger charge is 2.15. The summed E-state index contributed by atoms with van der Waals surface area (Å²) in [7, 11) is 2.04. The van der Waals surface area contributed by atoms with Crippen molar-refractivity contribution in [1.29, 1.82) is 0 Å². The smallest absolute Gasteiger partial charge is 0.0373 e. The summed E-state index contributed by atoms with van der Waals surface area (Å²) in [5.74, 6) is 1.46. The molecule has 1 unspecified atom stereocenters. The first-order chi connectivity index (χ1) is 8.20. The normalized spacial score (nSPS) is 15.8. The minimum absolute atomic E-state index is 0.729. The molecule has 1 aromatic carbocycles. The van der Waals surface area contributed by atoms with Gasteiger partial charge >= 0.3 is 0 Å². The van der Waals surface area contributed by atoms with Crippen LogP contribution in [0.5, 0.6) is 0 Å². The first kappa shape index (κ1) is 12.4. The van der Waals surface area contributed by atoms with Gasteiger partial charge in [0.05, 0.1) is 0 Å². The Morgan fingerprint density at radius 3 is 2.88 bits per heavy atom. The van der Waals surface area contributed by atoms with Gasteiger partial charge in [0.15, 0.2) is 0 Å². The van der Waals surface area contributed by atoms with Gasteiger partial charge in [-0.05, 0) is 55.5 Å². The lowest BCUT2D eigenvalue weighted by Gasteiger charge is -2.20. The van der Waals surface area contributed by atoms with Crippen LogP contribution in [0.25, 0.3) is 0 Å². The first-order valence-corrected chi connectivity index (χ1v) is 6.71. The second-order valence-corrected chi connectivity index (χ2v) is 5.43. The summed E-state index contributed by atoms with van der Waals surface area (Å²) in [4.78, 5) is 0. The van der Waals surface area contributed by atoms with Crippen molar-refractivity contribution < 1.29 is 0 Å². The van der Waals surface area contributed by atoms with Gasteiger partial charge in [0.1, 0.15) is 0 Å². The van der Waals surface area contributed by atoms with E-state index >= 15 is 0 Å². The average molecular weight is 232 g/mol. The maximum absolute atomic E-state index is 3.42. The summed E-state index contributed by atoms with van der Waals surface area (Å²) in [5, 5.41) is 6.73. The zero-order valence-electron chi connectivity index (χ0n) is 11.2. The number of rotatable bonds is 5. The monoisotopic (exact) mass is 232 g/mol. The Bertz CT molecular complexity index is 371. The molecule has 2 N–H and O–H groups in total. The zero-order chi connectivity index (χ0) is 12.3. The van der Waals surface area contributed by atoms with Crippen molar-refractivity contribution >= 4 is 5.69 Å². The van der Waals surface area contributed by atoms with Crippen LogP contribution >= 0.6 is 0 Å². The molecule has 2 nitrogen and oxygen atoms in total. The van der Waals surface area contributed by atoms with Crippen LogP contribution in [0.4, 0.5) is 5.69 Å².